The first kappa shape index (κ1) is 14.1. The number of furan rings is 1. The summed E-state index contributed by atoms with van der Waals surface area (Å²) in [5.41, 5.74) is 0.650. The van der Waals surface area contributed by atoms with Crippen molar-refractivity contribution in [3.8, 4) is 0 Å². The lowest BCUT2D eigenvalue weighted by Crippen LogP contribution is -2.26. The molecule has 4 nitrogen and oxygen atoms in total. The maximum atomic E-state index is 10.9. The molecule has 0 aromatic carbocycles. The van der Waals surface area contributed by atoms with Gasteiger partial charge in [0.25, 0.3) is 0 Å². The van der Waals surface area contributed by atoms with E-state index in [9.17, 15) is 4.79 Å². The van der Waals surface area contributed by atoms with Crippen LogP contribution in [0.2, 0.25) is 0 Å². The number of hydrogen-bond acceptors (Lipinski definition) is 3. The first-order valence-corrected chi connectivity index (χ1v) is 6.90. The summed E-state index contributed by atoms with van der Waals surface area (Å²) in [5, 5.41) is 8.93. The van der Waals surface area contributed by atoms with Gasteiger partial charge in [-0.3, -0.25) is 0 Å². The van der Waals surface area contributed by atoms with Crippen molar-refractivity contribution in [2.24, 2.45) is 11.8 Å². The second-order valence-corrected chi connectivity index (χ2v) is 5.88. The van der Waals surface area contributed by atoms with E-state index in [1.54, 1.807) is 13.0 Å². The van der Waals surface area contributed by atoms with Gasteiger partial charge in [0.15, 0.2) is 0 Å². The fourth-order valence-corrected chi connectivity index (χ4v) is 3.04. The van der Waals surface area contributed by atoms with Gasteiger partial charge in [0.1, 0.15) is 12.4 Å². The maximum absolute atomic E-state index is 10.9. The monoisotopic (exact) mass is 266 g/mol. The Hall–Kier alpha value is -1.29. The van der Waals surface area contributed by atoms with Gasteiger partial charge in [0.05, 0.1) is 6.10 Å². The molecular weight excluding hydrogens is 244 g/mol. The van der Waals surface area contributed by atoms with Gasteiger partial charge >= 0.3 is 5.97 Å². The Kier molecular flexibility index (Phi) is 4.30. The molecule has 2 rings (SSSR count). The zero-order chi connectivity index (χ0) is 14.0. The zero-order valence-electron chi connectivity index (χ0n) is 11.8. The Bertz CT molecular complexity index is 439. The van der Waals surface area contributed by atoms with Gasteiger partial charge < -0.3 is 14.3 Å². The Morgan fingerprint density at radius 1 is 1.37 bits per heavy atom. The van der Waals surface area contributed by atoms with Crippen molar-refractivity contribution in [2.75, 3.05) is 0 Å². The molecule has 1 aromatic heterocycles. The molecule has 1 N–H and O–H groups in total. The number of hydrogen-bond donors (Lipinski definition) is 1. The second kappa shape index (κ2) is 5.78. The minimum absolute atomic E-state index is 0.0176. The Morgan fingerprint density at radius 2 is 2.00 bits per heavy atom. The lowest BCUT2D eigenvalue weighted by Gasteiger charge is -2.31. The van der Waals surface area contributed by atoms with Gasteiger partial charge in [0, 0.05) is 5.56 Å². The largest absolute Gasteiger partial charge is 0.475 e. The molecule has 0 spiro atoms. The van der Waals surface area contributed by atoms with Gasteiger partial charge in [-0.05, 0) is 44.1 Å². The zero-order valence-corrected chi connectivity index (χ0v) is 11.8. The highest BCUT2D eigenvalue weighted by molar-refractivity contribution is 5.86. The summed E-state index contributed by atoms with van der Waals surface area (Å²) in [6.07, 6.45) is 3.69. The SMILES string of the molecule is Cc1cc(COC2CC(C)CC(C)C2)oc1C(=O)O. The summed E-state index contributed by atoms with van der Waals surface area (Å²) in [7, 11) is 0. The van der Waals surface area contributed by atoms with E-state index in [0.29, 0.717) is 29.8 Å². The van der Waals surface area contributed by atoms with Crippen LogP contribution in [0.25, 0.3) is 0 Å². The molecule has 0 saturated heterocycles. The molecule has 1 saturated carbocycles. The van der Waals surface area contributed by atoms with E-state index in [4.69, 9.17) is 14.3 Å². The third-order valence-electron chi connectivity index (χ3n) is 3.76. The summed E-state index contributed by atoms with van der Waals surface area (Å²) < 4.78 is 11.2. The minimum Gasteiger partial charge on any atom is -0.475 e. The van der Waals surface area contributed by atoms with Crippen LogP contribution in [0.1, 0.15) is 55.0 Å². The first-order valence-electron chi connectivity index (χ1n) is 6.90. The number of carbonyl (C=O) groups is 1. The maximum Gasteiger partial charge on any atom is 0.372 e. The van der Waals surface area contributed by atoms with Crippen LogP contribution in [0.5, 0.6) is 0 Å². The molecular formula is C15H22O4. The Labute approximate surface area is 113 Å². The third-order valence-corrected chi connectivity index (χ3v) is 3.76. The molecule has 1 heterocycles. The first-order chi connectivity index (χ1) is 8.95. The van der Waals surface area contributed by atoms with Crippen LogP contribution in [-0.4, -0.2) is 17.2 Å². The van der Waals surface area contributed by atoms with Crippen LogP contribution in [0.4, 0.5) is 0 Å². The number of aromatic carboxylic acids is 1. The molecule has 1 aliphatic carbocycles. The molecule has 1 aliphatic rings. The van der Waals surface area contributed by atoms with Crippen LogP contribution in [0.15, 0.2) is 10.5 Å². The average molecular weight is 266 g/mol. The molecule has 1 aromatic rings. The van der Waals surface area contributed by atoms with Crippen LogP contribution in [0.3, 0.4) is 0 Å². The normalized spacial score (nSPS) is 27.4. The lowest BCUT2D eigenvalue weighted by molar-refractivity contribution is -0.0160. The second-order valence-electron chi connectivity index (χ2n) is 5.88. The minimum atomic E-state index is -1.02. The van der Waals surface area contributed by atoms with E-state index in [1.807, 2.05) is 0 Å². The molecule has 0 bridgehead atoms. The molecule has 2 atom stereocenters. The summed E-state index contributed by atoms with van der Waals surface area (Å²) in [6, 6.07) is 1.75. The quantitative estimate of drug-likeness (QED) is 0.904. The molecule has 106 valence electrons. The van der Waals surface area contributed by atoms with Crippen molar-refractivity contribution in [3.05, 3.63) is 23.2 Å². The number of carboxylic acid groups (broad SMARTS) is 1. The fourth-order valence-electron chi connectivity index (χ4n) is 3.04. The van der Waals surface area contributed by atoms with Crippen molar-refractivity contribution in [3.63, 3.8) is 0 Å². The van der Waals surface area contributed by atoms with Crippen molar-refractivity contribution in [1.29, 1.82) is 0 Å². The van der Waals surface area contributed by atoms with Gasteiger partial charge in [-0.2, -0.15) is 0 Å². The van der Waals surface area contributed by atoms with Crippen molar-refractivity contribution >= 4 is 5.97 Å². The molecule has 4 heteroatoms. The molecule has 0 radical (unpaired) electrons. The Morgan fingerprint density at radius 3 is 2.53 bits per heavy atom. The van der Waals surface area contributed by atoms with Gasteiger partial charge in [0.2, 0.25) is 5.76 Å². The van der Waals surface area contributed by atoms with Crippen LogP contribution < -0.4 is 0 Å². The van der Waals surface area contributed by atoms with E-state index >= 15 is 0 Å². The van der Waals surface area contributed by atoms with Crippen molar-refractivity contribution in [1.82, 2.24) is 0 Å². The Balaban J connectivity index is 1.91. The summed E-state index contributed by atoms with van der Waals surface area (Å²) in [5.74, 6) is 0.983. The van der Waals surface area contributed by atoms with Gasteiger partial charge in [-0.15, -0.1) is 0 Å². The predicted molar refractivity (Wildman–Crippen MR) is 71.2 cm³/mol. The van der Waals surface area contributed by atoms with Crippen LogP contribution >= 0.6 is 0 Å². The van der Waals surface area contributed by atoms with E-state index in [-0.39, 0.29) is 11.9 Å². The van der Waals surface area contributed by atoms with Gasteiger partial charge in [-0.25, -0.2) is 4.79 Å². The van der Waals surface area contributed by atoms with E-state index in [0.717, 1.165) is 12.8 Å². The van der Waals surface area contributed by atoms with E-state index < -0.39 is 5.97 Å². The number of aryl methyl sites for hydroxylation is 1. The highest BCUT2D eigenvalue weighted by Crippen LogP contribution is 2.31. The summed E-state index contributed by atoms with van der Waals surface area (Å²) >= 11 is 0. The fraction of sp³-hybridized carbons (Fsp3) is 0.667. The number of carboxylic acids is 1. The molecule has 0 aliphatic heterocycles. The van der Waals surface area contributed by atoms with E-state index in [1.165, 1.54) is 6.42 Å². The smallest absolute Gasteiger partial charge is 0.372 e. The highest BCUT2D eigenvalue weighted by Gasteiger charge is 2.25. The molecule has 2 unspecified atom stereocenters. The highest BCUT2D eigenvalue weighted by atomic mass is 16.5. The standard InChI is InChI=1S/C15H22O4/c1-9-4-10(2)6-12(5-9)18-8-13-7-11(3)14(19-13)15(16)17/h7,9-10,12H,4-6,8H2,1-3H3,(H,16,17). The predicted octanol–water partition coefficient (Wildman–Crippen LogP) is 3.63. The molecule has 19 heavy (non-hydrogen) atoms. The van der Waals surface area contributed by atoms with Crippen molar-refractivity contribution < 1.29 is 19.1 Å². The van der Waals surface area contributed by atoms with Crippen LogP contribution in [0, 0.1) is 18.8 Å². The third kappa shape index (κ3) is 3.60. The summed E-state index contributed by atoms with van der Waals surface area (Å²) in [6.45, 7) is 6.61. The van der Waals surface area contributed by atoms with Gasteiger partial charge in [-0.1, -0.05) is 13.8 Å². The summed E-state index contributed by atoms with van der Waals surface area (Å²) in [4.78, 5) is 10.9. The topological polar surface area (TPSA) is 59.7 Å². The van der Waals surface area contributed by atoms with E-state index in [2.05, 4.69) is 13.8 Å². The van der Waals surface area contributed by atoms with Crippen molar-refractivity contribution in [2.45, 2.75) is 52.7 Å². The lowest BCUT2D eigenvalue weighted by atomic mass is 9.82. The molecule has 1 fully saturated rings. The average Bonchev–Trinajstić information content (AvgIpc) is 2.67. The number of rotatable bonds is 4. The molecule has 0 amide bonds. The van der Waals surface area contributed by atoms with Crippen LogP contribution in [-0.2, 0) is 11.3 Å². The number of ether oxygens (including phenoxy) is 1.